The fourth-order valence-corrected chi connectivity index (χ4v) is 4.27. The zero-order chi connectivity index (χ0) is 18.3. The summed E-state index contributed by atoms with van der Waals surface area (Å²) < 4.78 is 14.5. The Balaban J connectivity index is 2.20. The quantitative estimate of drug-likeness (QED) is 0.456. The summed E-state index contributed by atoms with van der Waals surface area (Å²) in [6, 6.07) is 7.34. The lowest BCUT2D eigenvalue weighted by Gasteiger charge is -2.32. The summed E-state index contributed by atoms with van der Waals surface area (Å²) in [4.78, 5) is 2.40. The lowest BCUT2D eigenvalue weighted by atomic mass is 9.72. The Morgan fingerprint density at radius 1 is 1.16 bits per heavy atom. The van der Waals surface area contributed by atoms with E-state index in [1.54, 1.807) is 12.1 Å². The molecule has 1 fully saturated rings. The number of halogens is 1. The molecule has 0 aromatic heterocycles. The van der Waals surface area contributed by atoms with Crippen LogP contribution in [-0.2, 0) is 5.41 Å². The molecule has 1 aliphatic carbocycles. The third-order valence-electron chi connectivity index (χ3n) is 5.68. The van der Waals surface area contributed by atoms with Crippen molar-refractivity contribution in [1.29, 1.82) is 0 Å². The Morgan fingerprint density at radius 3 is 2.32 bits per heavy atom. The molecule has 0 amide bonds. The smallest absolute Gasteiger partial charge is 0.127 e. The van der Waals surface area contributed by atoms with Crippen LogP contribution in [0.3, 0.4) is 0 Å². The zero-order valence-corrected chi connectivity index (χ0v) is 16.3. The van der Waals surface area contributed by atoms with Crippen LogP contribution in [0.1, 0.15) is 71.3 Å². The SMILES string of the molecule is C=C(C/C=C(\C)C1(c2ccccc2F)CCCC1)N(CCC)CCC. The Kier molecular flexibility index (Phi) is 7.28. The van der Waals surface area contributed by atoms with Crippen molar-refractivity contribution in [2.24, 2.45) is 0 Å². The van der Waals surface area contributed by atoms with E-state index < -0.39 is 0 Å². The van der Waals surface area contributed by atoms with E-state index in [1.165, 1.54) is 24.1 Å². The predicted molar refractivity (Wildman–Crippen MR) is 106 cm³/mol. The molecule has 1 nitrogen and oxygen atoms in total. The normalized spacial score (nSPS) is 16.9. The third-order valence-corrected chi connectivity index (χ3v) is 5.68. The van der Waals surface area contributed by atoms with Crippen molar-refractivity contribution in [2.45, 2.75) is 71.1 Å². The van der Waals surface area contributed by atoms with Crippen LogP contribution < -0.4 is 0 Å². The number of hydrogen-bond acceptors (Lipinski definition) is 1. The summed E-state index contributed by atoms with van der Waals surface area (Å²) in [6.45, 7) is 13.1. The maximum Gasteiger partial charge on any atom is 0.127 e. The van der Waals surface area contributed by atoms with E-state index in [0.717, 1.165) is 50.8 Å². The molecule has 0 radical (unpaired) electrons. The van der Waals surface area contributed by atoms with Gasteiger partial charge in [0.15, 0.2) is 0 Å². The average molecular weight is 344 g/mol. The van der Waals surface area contributed by atoms with Crippen molar-refractivity contribution < 1.29 is 4.39 Å². The lowest BCUT2D eigenvalue weighted by molar-refractivity contribution is 0.340. The van der Waals surface area contributed by atoms with Crippen molar-refractivity contribution in [2.75, 3.05) is 13.1 Å². The molecule has 0 aliphatic heterocycles. The monoisotopic (exact) mass is 343 g/mol. The first kappa shape index (κ1) is 19.8. The van der Waals surface area contributed by atoms with Gasteiger partial charge in [-0.05, 0) is 44.2 Å². The molecule has 0 unspecified atom stereocenters. The Hall–Kier alpha value is -1.57. The topological polar surface area (TPSA) is 3.24 Å². The number of allylic oxidation sites excluding steroid dienone is 2. The van der Waals surface area contributed by atoms with Crippen LogP contribution in [0.4, 0.5) is 4.39 Å². The Bertz CT molecular complexity index is 590. The molecular weight excluding hydrogens is 309 g/mol. The second kappa shape index (κ2) is 9.22. The van der Waals surface area contributed by atoms with Crippen molar-refractivity contribution in [3.8, 4) is 0 Å². The van der Waals surface area contributed by atoms with Gasteiger partial charge in [0.25, 0.3) is 0 Å². The number of hydrogen-bond donors (Lipinski definition) is 0. The molecule has 1 saturated carbocycles. The first-order chi connectivity index (χ1) is 12.0. The maximum atomic E-state index is 14.5. The highest BCUT2D eigenvalue weighted by atomic mass is 19.1. The third kappa shape index (κ3) is 4.54. The minimum absolute atomic E-state index is 0.0606. The standard InChI is InChI=1S/C23H34FN/c1-5-17-25(18-6-2)20(4)14-13-19(3)23(15-9-10-16-23)21-11-7-8-12-22(21)24/h7-8,11-13H,4-6,9-10,14-18H2,1-3H3/b19-13+. The summed E-state index contributed by atoms with van der Waals surface area (Å²) in [5, 5.41) is 0. The van der Waals surface area contributed by atoms with Gasteiger partial charge in [-0.25, -0.2) is 4.39 Å². The van der Waals surface area contributed by atoms with E-state index in [9.17, 15) is 4.39 Å². The van der Waals surface area contributed by atoms with Crippen LogP contribution in [0.5, 0.6) is 0 Å². The van der Waals surface area contributed by atoms with Crippen LogP contribution in [0.25, 0.3) is 0 Å². The molecule has 25 heavy (non-hydrogen) atoms. The van der Waals surface area contributed by atoms with Crippen LogP contribution >= 0.6 is 0 Å². The molecule has 0 bridgehead atoms. The van der Waals surface area contributed by atoms with Gasteiger partial charge in [0, 0.05) is 30.6 Å². The van der Waals surface area contributed by atoms with E-state index in [2.05, 4.69) is 38.3 Å². The molecule has 2 rings (SSSR count). The highest BCUT2D eigenvalue weighted by molar-refractivity contribution is 5.38. The highest BCUT2D eigenvalue weighted by Gasteiger charge is 2.38. The molecule has 0 heterocycles. The fraction of sp³-hybridized carbons (Fsp3) is 0.565. The molecular formula is C23H34FN. The molecule has 1 aromatic rings. The van der Waals surface area contributed by atoms with Crippen LogP contribution in [0, 0.1) is 5.82 Å². The largest absolute Gasteiger partial charge is 0.375 e. The minimum atomic E-state index is -0.119. The maximum absolute atomic E-state index is 14.5. The van der Waals surface area contributed by atoms with E-state index in [-0.39, 0.29) is 11.2 Å². The Morgan fingerprint density at radius 2 is 1.76 bits per heavy atom. The van der Waals surface area contributed by atoms with Gasteiger partial charge in [-0.1, -0.05) is 63.1 Å². The van der Waals surface area contributed by atoms with Gasteiger partial charge in [0.1, 0.15) is 5.82 Å². The van der Waals surface area contributed by atoms with Gasteiger partial charge in [-0.3, -0.25) is 0 Å². The molecule has 1 aliphatic rings. The molecule has 138 valence electrons. The first-order valence-corrected chi connectivity index (χ1v) is 9.90. The summed E-state index contributed by atoms with van der Waals surface area (Å²) in [5.74, 6) is -0.0606. The van der Waals surface area contributed by atoms with Gasteiger partial charge in [0.05, 0.1) is 0 Å². The van der Waals surface area contributed by atoms with E-state index in [0.29, 0.717) is 0 Å². The van der Waals surface area contributed by atoms with Gasteiger partial charge in [-0.2, -0.15) is 0 Å². The second-order valence-electron chi connectivity index (χ2n) is 7.41. The second-order valence-corrected chi connectivity index (χ2v) is 7.41. The summed E-state index contributed by atoms with van der Waals surface area (Å²) in [7, 11) is 0. The van der Waals surface area contributed by atoms with Crippen molar-refractivity contribution in [1.82, 2.24) is 4.90 Å². The predicted octanol–water partition coefficient (Wildman–Crippen LogP) is 6.61. The van der Waals surface area contributed by atoms with Crippen molar-refractivity contribution in [3.63, 3.8) is 0 Å². The molecule has 0 atom stereocenters. The van der Waals surface area contributed by atoms with Crippen LogP contribution in [0.2, 0.25) is 0 Å². The van der Waals surface area contributed by atoms with Crippen LogP contribution in [0.15, 0.2) is 48.2 Å². The van der Waals surface area contributed by atoms with Gasteiger partial charge in [0.2, 0.25) is 0 Å². The first-order valence-electron chi connectivity index (χ1n) is 9.90. The molecule has 1 aromatic carbocycles. The molecule has 0 N–H and O–H groups in total. The van der Waals surface area contributed by atoms with Crippen LogP contribution in [-0.4, -0.2) is 18.0 Å². The Labute approximate surface area is 153 Å². The molecule has 0 spiro atoms. The number of benzene rings is 1. The zero-order valence-electron chi connectivity index (χ0n) is 16.3. The molecule has 2 heteroatoms. The van der Waals surface area contributed by atoms with Gasteiger partial charge >= 0.3 is 0 Å². The average Bonchev–Trinajstić information content (AvgIpc) is 3.10. The van der Waals surface area contributed by atoms with Gasteiger partial charge < -0.3 is 4.90 Å². The van der Waals surface area contributed by atoms with Crippen molar-refractivity contribution in [3.05, 3.63) is 59.6 Å². The number of nitrogens with zero attached hydrogens (tertiary/aromatic N) is 1. The summed E-state index contributed by atoms with van der Waals surface area (Å²) >= 11 is 0. The number of rotatable bonds is 9. The fourth-order valence-electron chi connectivity index (χ4n) is 4.27. The van der Waals surface area contributed by atoms with Gasteiger partial charge in [-0.15, -0.1) is 0 Å². The van der Waals surface area contributed by atoms with E-state index in [1.807, 2.05) is 12.1 Å². The highest BCUT2D eigenvalue weighted by Crippen LogP contribution is 2.47. The molecule has 0 saturated heterocycles. The summed E-state index contributed by atoms with van der Waals surface area (Å²) in [6.07, 6.45) is 9.91. The van der Waals surface area contributed by atoms with Crippen molar-refractivity contribution >= 4 is 0 Å². The van der Waals surface area contributed by atoms with E-state index in [4.69, 9.17) is 0 Å². The minimum Gasteiger partial charge on any atom is -0.375 e. The summed E-state index contributed by atoms with van der Waals surface area (Å²) in [5.41, 5.74) is 3.26. The lowest BCUT2D eigenvalue weighted by Crippen LogP contribution is -2.26. The van der Waals surface area contributed by atoms with E-state index >= 15 is 0 Å².